The highest BCUT2D eigenvalue weighted by atomic mass is 32.2. The summed E-state index contributed by atoms with van der Waals surface area (Å²) in [4.78, 5) is 12.1. The van der Waals surface area contributed by atoms with Crippen molar-refractivity contribution in [3.8, 4) is 6.07 Å². The first kappa shape index (κ1) is 22.0. The van der Waals surface area contributed by atoms with Crippen molar-refractivity contribution in [3.63, 3.8) is 0 Å². The third-order valence-electron chi connectivity index (χ3n) is 4.64. The molecule has 1 aromatic heterocycles. The number of rotatable bonds is 9. The lowest BCUT2D eigenvalue weighted by molar-refractivity contribution is -0.121. The lowest BCUT2D eigenvalue weighted by atomic mass is 10.1. The van der Waals surface area contributed by atoms with Crippen molar-refractivity contribution in [2.45, 2.75) is 30.0 Å². The van der Waals surface area contributed by atoms with Crippen LogP contribution in [-0.2, 0) is 21.1 Å². The van der Waals surface area contributed by atoms with Crippen molar-refractivity contribution in [1.82, 2.24) is 10.6 Å². The number of thiophene rings is 1. The van der Waals surface area contributed by atoms with Crippen LogP contribution in [-0.4, -0.2) is 32.8 Å². The Kier molecular flexibility index (Phi) is 7.21. The van der Waals surface area contributed by atoms with E-state index in [1.165, 1.54) is 11.3 Å². The van der Waals surface area contributed by atoms with Crippen molar-refractivity contribution in [1.29, 1.82) is 5.26 Å². The van der Waals surface area contributed by atoms with Gasteiger partial charge in [0.25, 0.3) is 0 Å². The second-order valence-corrected chi connectivity index (χ2v) is 10.4. The number of hydrogen-bond acceptors (Lipinski definition) is 6. The van der Waals surface area contributed by atoms with Gasteiger partial charge in [0.1, 0.15) is 10.1 Å². The van der Waals surface area contributed by atoms with E-state index in [4.69, 9.17) is 5.26 Å². The van der Waals surface area contributed by atoms with E-state index in [0.717, 1.165) is 15.6 Å². The number of carbonyl (C=O) groups excluding carboxylic acids is 1. The van der Waals surface area contributed by atoms with E-state index in [1.807, 2.05) is 36.4 Å². The molecule has 30 heavy (non-hydrogen) atoms. The zero-order valence-corrected chi connectivity index (χ0v) is 18.2. The average Bonchev–Trinajstić information content (AvgIpc) is 3.18. The first-order chi connectivity index (χ1) is 14.4. The van der Waals surface area contributed by atoms with E-state index in [0.29, 0.717) is 22.7 Å². The van der Waals surface area contributed by atoms with Gasteiger partial charge in [0.05, 0.1) is 11.6 Å². The summed E-state index contributed by atoms with van der Waals surface area (Å²) in [5, 5.41) is 15.5. The molecule has 156 valence electrons. The van der Waals surface area contributed by atoms with Gasteiger partial charge >= 0.3 is 0 Å². The minimum atomic E-state index is -3.46. The minimum absolute atomic E-state index is 0.136. The Morgan fingerprint density at radius 2 is 1.90 bits per heavy atom. The summed E-state index contributed by atoms with van der Waals surface area (Å²) in [6.07, 6.45) is 0.856. The smallest absolute Gasteiger partial charge is 0.221 e. The van der Waals surface area contributed by atoms with Gasteiger partial charge in [-0.05, 0) is 48.6 Å². The molecule has 3 rings (SSSR count). The van der Waals surface area contributed by atoms with Crippen LogP contribution in [0.15, 0.2) is 58.8 Å². The van der Waals surface area contributed by atoms with Crippen LogP contribution in [0.5, 0.6) is 0 Å². The molecule has 0 bridgehead atoms. The predicted octanol–water partition coefficient (Wildman–Crippen LogP) is 3.23. The molecule has 0 fully saturated rings. The van der Waals surface area contributed by atoms with E-state index in [-0.39, 0.29) is 24.2 Å². The van der Waals surface area contributed by atoms with Gasteiger partial charge < -0.3 is 10.6 Å². The maximum atomic E-state index is 12.6. The van der Waals surface area contributed by atoms with Crippen molar-refractivity contribution >= 4 is 37.2 Å². The summed E-state index contributed by atoms with van der Waals surface area (Å²) in [7, 11) is -3.46. The van der Waals surface area contributed by atoms with Crippen LogP contribution in [0.1, 0.15) is 24.5 Å². The molecular weight excluding hydrogens is 418 g/mol. The van der Waals surface area contributed by atoms with Crippen molar-refractivity contribution in [2.75, 3.05) is 12.4 Å². The maximum Gasteiger partial charge on any atom is 0.221 e. The zero-order chi connectivity index (χ0) is 21.6. The number of nitriles is 1. The van der Waals surface area contributed by atoms with Gasteiger partial charge in [0.15, 0.2) is 0 Å². The largest absolute Gasteiger partial charge is 0.356 e. The number of nitrogens with one attached hydrogen (secondary N) is 2. The second kappa shape index (κ2) is 9.85. The Labute approximate surface area is 180 Å². The first-order valence-electron chi connectivity index (χ1n) is 9.58. The van der Waals surface area contributed by atoms with E-state index >= 15 is 0 Å². The molecule has 0 aliphatic heterocycles. The van der Waals surface area contributed by atoms with Crippen molar-refractivity contribution in [2.24, 2.45) is 0 Å². The number of fused-ring (bicyclic) bond motifs is 1. The molecule has 0 spiro atoms. The van der Waals surface area contributed by atoms with Crippen LogP contribution < -0.4 is 10.6 Å². The first-order valence-corrected chi connectivity index (χ1v) is 12.0. The van der Waals surface area contributed by atoms with Crippen LogP contribution >= 0.6 is 11.3 Å². The number of amides is 1. The molecule has 1 atom stereocenters. The van der Waals surface area contributed by atoms with Crippen LogP contribution in [0, 0.1) is 11.3 Å². The summed E-state index contributed by atoms with van der Waals surface area (Å²) >= 11 is 1.26. The summed E-state index contributed by atoms with van der Waals surface area (Å²) in [5.74, 6) is -0.345. The summed E-state index contributed by atoms with van der Waals surface area (Å²) in [5.41, 5.74) is 1.64. The number of benzene rings is 2. The van der Waals surface area contributed by atoms with Crippen LogP contribution in [0.25, 0.3) is 10.1 Å². The SMILES string of the molecule is CC(CC(=O)NCCc1ccc(C#N)cc1)NCS(=O)(=O)c1cc2ccccc2s1. The molecule has 8 heteroatoms. The predicted molar refractivity (Wildman–Crippen MR) is 119 cm³/mol. The monoisotopic (exact) mass is 441 g/mol. The van der Waals surface area contributed by atoms with Gasteiger partial charge in [-0.25, -0.2) is 8.42 Å². The van der Waals surface area contributed by atoms with E-state index in [1.54, 1.807) is 25.1 Å². The molecule has 0 aliphatic rings. The minimum Gasteiger partial charge on any atom is -0.356 e. The van der Waals surface area contributed by atoms with Gasteiger partial charge in [-0.1, -0.05) is 30.3 Å². The lowest BCUT2D eigenvalue weighted by Crippen LogP contribution is -2.36. The molecule has 2 aromatic carbocycles. The average molecular weight is 442 g/mol. The Bertz CT molecular complexity index is 1130. The number of sulfone groups is 1. The topological polar surface area (TPSA) is 99.1 Å². The number of carbonyl (C=O) groups is 1. The Morgan fingerprint density at radius 3 is 2.60 bits per heavy atom. The Hall–Kier alpha value is -2.73. The molecular formula is C22H23N3O3S2. The molecule has 1 unspecified atom stereocenters. The molecule has 1 heterocycles. The molecule has 0 saturated heterocycles. The number of hydrogen-bond donors (Lipinski definition) is 2. The van der Waals surface area contributed by atoms with Gasteiger partial charge in [0, 0.05) is 23.7 Å². The fourth-order valence-electron chi connectivity index (χ4n) is 2.95. The van der Waals surface area contributed by atoms with E-state index in [9.17, 15) is 13.2 Å². The summed E-state index contributed by atoms with van der Waals surface area (Å²) in [6, 6.07) is 18.3. The normalized spacial score (nSPS) is 12.4. The highest BCUT2D eigenvalue weighted by Gasteiger charge is 2.19. The molecule has 0 saturated carbocycles. The zero-order valence-electron chi connectivity index (χ0n) is 16.6. The third-order valence-corrected chi connectivity index (χ3v) is 7.84. The van der Waals surface area contributed by atoms with Crippen LogP contribution in [0.2, 0.25) is 0 Å². The second-order valence-electron chi connectivity index (χ2n) is 7.08. The standard InChI is InChI=1S/C22H23N3O3S2/c1-16(12-21(26)24-11-10-17-6-8-18(14-23)9-7-17)25-15-30(27,28)22-13-19-4-2-3-5-20(19)29-22/h2-9,13,16,25H,10-12,15H2,1H3,(H,24,26). The fraction of sp³-hybridized carbons (Fsp3) is 0.273. The molecule has 0 aliphatic carbocycles. The molecule has 3 aromatic rings. The van der Waals surface area contributed by atoms with Crippen molar-refractivity contribution in [3.05, 3.63) is 65.7 Å². The van der Waals surface area contributed by atoms with Crippen LogP contribution in [0.4, 0.5) is 0 Å². The maximum absolute atomic E-state index is 12.6. The Balaban J connectivity index is 1.43. The Morgan fingerprint density at radius 1 is 1.17 bits per heavy atom. The van der Waals surface area contributed by atoms with Gasteiger partial charge in [0.2, 0.25) is 15.7 Å². The fourth-order valence-corrected chi connectivity index (χ4v) is 5.65. The quantitative estimate of drug-likeness (QED) is 0.531. The summed E-state index contributed by atoms with van der Waals surface area (Å²) in [6.45, 7) is 2.28. The lowest BCUT2D eigenvalue weighted by Gasteiger charge is -2.13. The van der Waals surface area contributed by atoms with E-state index in [2.05, 4.69) is 16.7 Å². The third kappa shape index (κ3) is 5.89. The molecule has 2 N–H and O–H groups in total. The molecule has 6 nitrogen and oxygen atoms in total. The van der Waals surface area contributed by atoms with E-state index < -0.39 is 9.84 Å². The van der Waals surface area contributed by atoms with Gasteiger partial charge in [-0.3, -0.25) is 4.79 Å². The summed E-state index contributed by atoms with van der Waals surface area (Å²) < 4.78 is 26.5. The van der Waals surface area contributed by atoms with Crippen LogP contribution in [0.3, 0.4) is 0 Å². The van der Waals surface area contributed by atoms with Gasteiger partial charge in [-0.15, -0.1) is 11.3 Å². The number of nitrogens with zero attached hydrogens (tertiary/aromatic N) is 1. The highest BCUT2D eigenvalue weighted by molar-refractivity contribution is 7.93. The molecule has 0 radical (unpaired) electrons. The highest BCUT2D eigenvalue weighted by Crippen LogP contribution is 2.29. The molecule has 1 amide bonds. The van der Waals surface area contributed by atoms with Gasteiger partial charge in [-0.2, -0.15) is 5.26 Å². The van der Waals surface area contributed by atoms with Crippen molar-refractivity contribution < 1.29 is 13.2 Å².